The monoisotopic (exact) mass is 236 g/mol. The average Bonchev–Trinajstić information content (AvgIpc) is 2.36. The molecular formula is C14H20O3. The van der Waals surface area contributed by atoms with Gasteiger partial charge in [-0.05, 0) is 32.3 Å². The highest BCUT2D eigenvalue weighted by Gasteiger charge is 2.22. The van der Waals surface area contributed by atoms with Crippen LogP contribution < -0.4 is 0 Å². The highest BCUT2D eigenvalue weighted by atomic mass is 16.5. The zero-order valence-electron chi connectivity index (χ0n) is 10.4. The second-order valence-corrected chi connectivity index (χ2v) is 4.13. The summed E-state index contributed by atoms with van der Waals surface area (Å²) in [6.07, 6.45) is 0.699. The summed E-state index contributed by atoms with van der Waals surface area (Å²) in [6, 6.07) is 9.93. The molecule has 0 bridgehead atoms. The Labute approximate surface area is 102 Å². The fraction of sp³-hybridized carbons (Fsp3) is 0.500. The van der Waals surface area contributed by atoms with Crippen LogP contribution in [-0.2, 0) is 16.0 Å². The first-order chi connectivity index (χ1) is 8.15. The van der Waals surface area contributed by atoms with Crippen LogP contribution in [0.1, 0.15) is 25.8 Å². The number of carbonyl (C=O) groups excluding carboxylic acids is 1. The van der Waals surface area contributed by atoms with Gasteiger partial charge in [0.05, 0.1) is 18.6 Å². The Bertz CT molecular complexity index is 335. The molecule has 0 heterocycles. The number of aryl methyl sites for hydroxylation is 1. The molecule has 0 aliphatic heterocycles. The Hall–Kier alpha value is -1.35. The lowest BCUT2D eigenvalue weighted by atomic mass is 9.98. The number of hydrogen-bond donors (Lipinski definition) is 1. The number of aliphatic hydroxyl groups excluding tert-OH is 1. The smallest absolute Gasteiger partial charge is 0.311 e. The summed E-state index contributed by atoms with van der Waals surface area (Å²) in [7, 11) is 0. The molecule has 1 aromatic rings. The van der Waals surface area contributed by atoms with Gasteiger partial charge < -0.3 is 9.84 Å². The fourth-order valence-corrected chi connectivity index (χ4v) is 1.64. The Morgan fingerprint density at radius 3 is 2.59 bits per heavy atom. The van der Waals surface area contributed by atoms with E-state index in [0.717, 1.165) is 6.42 Å². The van der Waals surface area contributed by atoms with Crippen molar-refractivity contribution in [1.82, 2.24) is 0 Å². The summed E-state index contributed by atoms with van der Waals surface area (Å²) >= 11 is 0. The van der Waals surface area contributed by atoms with Crippen molar-refractivity contribution >= 4 is 5.97 Å². The molecular weight excluding hydrogens is 216 g/mol. The lowest BCUT2D eigenvalue weighted by Crippen LogP contribution is -2.27. The molecule has 17 heavy (non-hydrogen) atoms. The molecule has 0 unspecified atom stereocenters. The quantitative estimate of drug-likeness (QED) is 0.770. The van der Waals surface area contributed by atoms with Gasteiger partial charge in [-0.2, -0.15) is 0 Å². The lowest BCUT2D eigenvalue weighted by molar-refractivity contribution is -0.151. The summed E-state index contributed by atoms with van der Waals surface area (Å²) < 4.78 is 4.88. The van der Waals surface area contributed by atoms with E-state index in [9.17, 15) is 9.90 Å². The zero-order chi connectivity index (χ0) is 12.7. The van der Waals surface area contributed by atoms with Gasteiger partial charge in [0.2, 0.25) is 0 Å². The third kappa shape index (κ3) is 4.57. The molecule has 2 atom stereocenters. The van der Waals surface area contributed by atoms with E-state index in [1.54, 1.807) is 13.8 Å². The maximum Gasteiger partial charge on any atom is 0.311 e. The maximum atomic E-state index is 11.4. The van der Waals surface area contributed by atoms with E-state index in [2.05, 4.69) is 0 Å². The number of ether oxygens (including phenoxy) is 1. The van der Waals surface area contributed by atoms with Gasteiger partial charge in [-0.15, -0.1) is 0 Å². The second kappa shape index (κ2) is 7.07. The van der Waals surface area contributed by atoms with Crippen molar-refractivity contribution in [2.75, 3.05) is 6.61 Å². The summed E-state index contributed by atoms with van der Waals surface area (Å²) in [6.45, 7) is 3.82. The highest BCUT2D eigenvalue weighted by molar-refractivity contribution is 5.72. The van der Waals surface area contributed by atoms with Gasteiger partial charge in [0.15, 0.2) is 0 Å². The molecule has 0 amide bonds. The Morgan fingerprint density at radius 2 is 2.00 bits per heavy atom. The molecule has 0 radical (unpaired) electrons. The molecule has 0 aromatic heterocycles. The van der Waals surface area contributed by atoms with Crippen molar-refractivity contribution in [3.63, 3.8) is 0 Å². The van der Waals surface area contributed by atoms with Crippen LogP contribution in [0.2, 0.25) is 0 Å². The Morgan fingerprint density at radius 1 is 1.35 bits per heavy atom. The highest BCUT2D eigenvalue weighted by Crippen LogP contribution is 2.13. The molecule has 0 aliphatic rings. The van der Waals surface area contributed by atoms with E-state index in [4.69, 9.17) is 4.74 Å². The molecule has 3 nitrogen and oxygen atoms in total. The number of benzene rings is 1. The van der Waals surface area contributed by atoms with Crippen molar-refractivity contribution in [2.24, 2.45) is 5.92 Å². The van der Waals surface area contributed by atoms with Crippen LogP contribution in [0, 0.1) is 5.92 Å². The third-order valence-electron chi connectivity index (χ3n) is 2.81. The fourth-order valence-electron chi connectivity index (χ4n) is 1.64. The molecule has 1 aromatic carbocycles. The molecule has 0 fully saturated rings. The Kier molecular flexibility index (Phi) is 5.70. The first-order valence-electron chi connectivity index (χ1n) is 6.03. The topological polar surface area (TPSA) is 46.5 Å². The predicted molar refractivity (Wildman–Crippen MR) is 66.6 cm³/mol. The largest absolute Gasteiger partial charge is 0.466 e. The normalized spacial score (nSPS) is 14.1. The van der Waals surface area contributed by atoms with Gasteiger partial charge in [-0.1, -0.05) is 30.3 Å². The van der Waals surface area contributed by atoms with Crippen molar-refractivity contribution in [1.29, 1.82) is 0 Å². The molecule has 3 heteroatoms. The number of aliphatic hydroxyl groups is 1. The zero-order valence-corrected chi connectivity index (χ0v) is 10.4. The minimum absolute atomic E-state index is 0.326. The van der Waals surface area contributed by atoms with Crippen LogP contribution in [-0.4, -0.2) is 23.8 Å². The SMILES string of the molecule is CCOC(=O)[C@@H](C)[C@@H](O)CCc1ccccc1. The van der Waals surface area contributed by atoms with E-state index in [1.165, 1.54) is 5.56 Å². The number of rotatable bonds is 6. The maximum absolute atomic E-state index is 11.4. The first-order valence-corrected chi connectivity index (χ1v) is 6.03. The molecule has 0 saturated heterocycles. The van der Waals surface area contributed by atoms with Crippen molar-refractivity contribution < 1.29 is 14.6 Å². The molecule has 94 valence electrons. The van der Waals surface area contributed by atoms with Gasteiger partial charge in [0.25, 0.3) is 0 Å². The van der Waals surface area contributed by atoms with E-state index in [0.29, 0.717) is 13.0 Å². The van der Waals surface area contributed by atoms with Gasteiger partial charge in [-0.3, -0.25) is 4.79 Å². The van der Waals surface area contributed by atoms with Crippen LogP contribution in [0.4, 0.5) is 0 Å². The van der Waals surface area contributed by atoms with Gasteiger partial charge >= 0.3 is 5.97 Å². The number of hydrogen-bond acceptors (Lipinski definition) is 3. The summed E-state index contributed by atoms with van der Waals surface area (Å²) in [5, 5.41) is 9.88. The third-order valence-corrected chi connectivity index (χ3v) is 2.81. The number of esters is 1. The van der Waals surface area contributed by atoms with Crippen LogP contribution in [0.25, 0.3) is 0 Å². The van der Waals surface area contributed by atoms with E-state index in [-0.39, 0.29) is 5.97 Å². The summed E-state index contributed by atoms with van der Waals surface area (Å²) in [5.74, 6) is -0.785. The van der Waals surface area contributed by atoms with E-state index in [1.807, 2.05) is 30.3 Å². The van der Waals surface area contributed by atoms with E-state index < -0.39 is 12.0 Å². The minimum atomic E-state index is -0.644. The van der Waals surface area contributed by atoms with Crippen LogP contribution in [0.15, 0.2) is 30.3 Å². The second-order valence-electron chi connectivity index (χ2n) is 4.13. The molecule has 0 saturated carbocycles. The molecule has 1 rings (SSSR count). The van der Waals surface area contributed by atoms with E-state index >= 15 is 0 Å². The van der Waals surface area contributed by atoms with Crippen LogP contribution in [0.3, 0.4) is 0 Å². The average molecular weight is 236 g/mol. The van der Waals surface area contributed by atoms with Gasteiger partial charge in [-0.25, -0.2) is 0 Å². The van der Waals surface area contributed by atoms with Gasteiger partial charge in [0, 0.05) is 0 Å². The van der Waals surface area contributed by atoms with Gasteiger partial charge in [0.1, 0.15) is 0 Å². The summed E-state index contributed by atoms with van der Waals surface area (Å²) in [4.78, 5) is 11.4. The summed E-state index contributed by atoms with van der Waals surface area (Å²) in [5.41, 5.74) is 1.17. The van der Waals surface area contributed by atoms with Crippen molar-refractivity contribution in [3.05, 3.63) is 35.9 Å². The minimum Gasteiger partial charge on any atom is -0.466 e. The standard InChI is InChI=1S/C14H20O3/c1-3-17-14(16)11(2)13(15)10-9-12-7-5-4-6-8-12/h4-8,11,13,15H,3,9-10H2,1-2H3/t11-,13-/m0/s1. The number of carbonyl (C=O) groups is 1. The van der Waals surface area contributed by atoms with Crippen LogP contribution >= 0.6 is 0 Å². The van der Waals surface area contributed by atoms with Crippen molar-refractivity contribution in [3.8, 4) is 0 Å². The molecule has 0 aliphatic carbocycles. The first kappa shape index (κ1) is 13.7. The molecule has 1 N–H and O–H groups in total. The lowest BCUT2D eigenvalue weighted by Gasteiger charge is -2.17. The Balaban J connectivity index is 2.39. The molecule has 0 spiro atoms. The van der Waals surface area contributed by atoms with Crippen molar-refractivity contribution in [2.45, 2.75) is 32.8 Å². The predicted octanol–water partition coefficient (Wildman–Crippen LogP) is 2.18. The van der Waals surface area contributed by atoms with Crippen LogP contribution in [0.5, 0.6) is 0 Å².